The largest absolute Gasteiger partial charge is 0.388 e. The van der Waals surface area contributed by atoms with Crippen molar-refractivity contribution < 1.29 is 18.3 Å². The number of hydrogen-bond acceptors (Lipinski definition) is 8. The fourth-order valence-electron chi connectivity index (χ4n) is 5.26. The molecule has 0 amide bonds. The first kappa shape index (κ1) is 22.7. The molecule has 180 valence electrons. The molecule has 0 unspecified atom stereocenters. The number of hydrogen-bond donors (Lipinski definition) is 2. The molecule has 3 aliphatic rings. The van der Waals surface area contributed by atoms with Crippen LogP contribution in [-0.2, 0) is 14.8 Å². The van der Waals surface area contributed by atoms with Crippen molar-refractivity contribution >= 4 is 27.0 Å². The van der Waals surface area contributed by atoms with Gasteiger partial charge in [-0.25, -0.2) is 17.7 Å². The molecule has 0 bridgehead atoms. The Kier molecular flexibility index (Phi) is 5.71. The number of ether oxygens (including phenoxy) is 1. The first-order valence-corrected chi connectivity index (χ1v) is 13.4. The summed E-state index contributed by atoms with van der Waals surface area (Å²) in [5.74, 6) is 0.461. The molecule has 10 nitrogen and oxygen atoms in total. The zero-order chi connectivity index (χ0) is 23.4. The summed E-state index contributed by atoms with van der Waals surface area (Å²) < 4.78 is 32.0. The van der Waals surface area contributed by atoms with Gasteiger partial charge in [-0.3, -0.25) is 9.36 Å². The van der Waals surface area contributed by atoms with Crippen molar-refractivity contribution in [2.45, 2.75) is 62.6 Å². The predicted octanol–water partition coefficient (Wildman–Crippen LogP) is 1.22. The second-order valence-electron chi connectivity index (χ2n) is 9.83. The number of rotatable bonds is 5. The molecule has 2 aliphatic heterocycles. The first-order chi connectivity index (χ1) is 15.6. The van der Waals surface area contributed by atoms with Crippen LogP contribution in [-0.4, -0.2) is 76.6 Å². The Morgan fingerprint density at radius 3 is 2.55 bits per heavy atom. The summed E-state index contributed by atoms with van der Waals surface area (Å²) in [5, 5.41) is 15.1. The molecule has 5 rings (SSSR count). The van der Waals surface area contributed by atoms with E-state index in [1.54, 1.807) is 17.7 Å². The quantitative estimate of drug-likeness (QED) is 0.658. The van der Waals surface area contributed by atoms with Crippen LogP contribution in [0, 0.1) is 0 Å². The Morgan fingerprint density at radius 2 is 1.97 bits per heavy atom. The summed E-state index contributed by atoms with van der Waals surface area (Å²) in [6.07, 6.45) is 6.45. The Labute approximate surface area is 193 Å². The van der Waals surface area contributed by atoms with Crippen molar-refractivity contribution in [2.75, 3.05) is 37.9 Å². The van der Waals surface area contributed by atoms with Gasteiger partial charge in [0.05, 0.1) is 31.1 Å². The van der Waals surface area contributed by atoms with E-state index in [0.29, 0.717) is 69.1 Å². The minimum Gasteiger partial charge on any atom is -0.388 e. The molecule has 2 aromatic heterocycles. The van der Waals surface area contributed by atoms with E-state index in [9.17, 15) is 18.3 Å². The van der Waals surface area contributed by atoms with E-state index < -0.39 is 15.6 Å². The van der Waals surface area contributed by atoms with Crippen LogP contribution in [0.25, 0.3) is 11.0 Å². The monoisotopic (exact) mass is 477 g/mol. The Bertz CT molecular complexity index is 1220. The number of anilines is 1. The van der Waals surface area contributed by atoms with Gasteiger partial charge in [0.2, 0.25) is 16.0 Å². The Hall–Kier alpha value is -2.08. The maximum Gasteiger partial charge on any atom is 0.256 e. The van der Waals surface area contributed by atoms with Gasteiger partial charge in [0.25, 0.3) is 5.56 Å². The minimum atomic E-state index is -3.19. The number of nitrogens with zero attached hydrogens (tertiary/aromatic N) is 4. The third-order valence-corrected chi connectivity index (χ3v) is 8.63. The molecule has 11 heteroatoms. The minimum absolute atomic E-state index is 0.0432. The highest BCUT2D eigenvalue weighted by Gasteiger charge is 2.40. The van der Waals surface area contributed by atoms with E-state index in [-0.39, 0.29) is 23.6 Å². The summed E-state index contributed by atoms with van der Waals surface area (Å²) in [4.78, 5) is 22.8. The summed E-state index contributed by atoms with van der Waals surface area (Å²) in [5.41, 5.74) is 0.105. The van der Waals surface area contributed by atoms with E-state index in [2.05, 4.69) is 10.3 Å². The van der Waals surface area contributed by atoms with Gasteiger partial charge in [0.15, 0.2) is 0 Å². The van der Waals surface area contributed by atoms with Crippen molar-refractivity contribution in [3.05, 3.63) is 28.2 Å². The van der Waals surface area contributed by atoms with Crippen LogP contribution in [0.1, 0.15) is 56.6 Å². The molecule has 1 saturated carbocycles. The smallest absolute Gasteiger partial charge is 0.256 e. The lowest BCUT2D eigenvalue weighted by Gasteiger charge is -2.32. The van der Waals surface area contributed by atoms with Crippen LogP contribution in [0.5, 0.6) is 0 Å². The van der Waals surface area contributed by atoms with E-state index in [1.165, 1.54) is 10.6 Å². The topological polar surface area (TPSA) is 127 Å². The molecule has 0 spiro atoms. The van der Waals surface area contributed by atoms with Crippen LogP contribution in [0.2, 0.25) is 0 Å². The molecule has 2 N–H and O–H groups in total. The van der Waals surface area contributed by atoms with Gasteiger partial charge in [0.1, 0.15) is 5.65 Å². The number of aromatic nitrogens is 3. The molecule has 2 atom stereocenters. The van der Waals surface area contributed by atoms with Crippen LogP contribution >= 0.6 is 0 Å². The molecule has 3 fully saturated rings. The summed E-state index contributed by atoms with van der Waals surface area (Å²) >= 11 is 0. The molecule has 2 saturated heterocycles. The van der Waals surface area contributed by atoms with Gasteiger partial charge in [0, 0.05) is 42.2 Å². The highest BCUT2D eigenvalue weighted by molar-refractivity contribution is 7.88. The van der Waals surface area contributed by atoms with E-state index in [1.807, 2.05) is 6.07 Å². The molecule has 1 aliphatic carbocycles. The maximum atomic E-state index is 13.6. The van der Waals surface area contributed by atoms with Gasteiger partial charge < -0.3 is 15.2 Å². The molecular formula is C22H31N5O5S. The third kappa shape index (κ3) is 4.27. The summed E-state index contributed by atoms with van der Waals surface area (Å²) in [7, 11) is -3.19. The molecule has 33 heavy (non-hydrogen) atoms. The van der Waals surface area contributed by atoms with Crippen LogP contribution in [0.3, 0.4) is 0 Å². The molecular weight excluding hydrogens is 446 g/mol. The van der Waals surface area contributed by atoms with Gasteiger partial charge in [-0.1, -0.05) is 0 Å². The molecule has 0 aromatic carbocycles. The van der Waals surface area contributed by atoms with Crippen LogP contribution < -0.4 is 10.9 Å². The zero-order valence-corrected chi connectivity index (χ0v) is 19.8. The standard InChI is InChI=1S/C22H31N5O5S/c1-22(29)7-3-4-18(22)27-19-14(10-17(20(27)28)15-12-32-13-15)11-23-21(25-19)24-16-5-8-26(9-6-16)33(2,30)31/h10-11,15-16,18,29H,3-9,12-13H2,1-2H3,(H,23,24,25)/t18-,22-/m1/s1. The third-order valence-electron chi connectivity index (χ3n) is 7.32. The lowest BCUT2D eigenvalue weighted by molar-refractivity contribution is 0.00666. The second kappa shape index (κ2) is 8.30. The van der Waals surface area contributed by atoms with Gasteiger partial charge in [-0.05, 0) is 45.1 Å². The van der Waals surface area contributed by atoms with Gasteiger partial charge in [-0.2, -0.15) is 4.98 Å². The molecule has 4 heterocycles. The Balaban J connectivity index is 1.49. The number of piperidine rings is 1. The van der Waals surface area contributed by atoms with Crippen molar-refractivity contribution in [3.8, 4) is 0 Å². The Morgan fingerprint density at radius 1 is 1.24 bits per heavy atom. The zero-order valence-electron chi connectivity index (χ0n) is 19.0. The lowest BCUT2D eigenvalue weighted by atomic mass is 9.96. The van der Waals surface area contributed by atoms with E-state index >= 15 is 0 Å². The van der Waals surface area contributed by atoms with E-state index in [4.69, 9.17) is 9.72 Å². The fourth-order valence-corrected chi connectivity index (χ4v) is 6.13. The molecule has 0 radical (unpaired) electrons. The predicted molar refractivity (Wildman–Crippen MR) is 124 cm³/mol. The van der Waals surface area contributed by atoms with Crippen LogP contribution in [0.15, 0.2) is 17.1 Å². The highest BCUT2D eigenvalue weighted by atomic mass is 32.2. The first-order valence-electron chi connectivity index (χ1n) is 11.6. The number of nitrogens with one attached hydrogen (secondary N) is 1. The van der Waals surface area contributed by atoms with Gasteiger partial charge in [-0.15, -0.1) is 0 Å². The average molecular weight is 478 g/mol. The van der Waals surface area contributed by atoms with Gasteiger partial charge >= 0.3 is 0 Å². The number of pyridine rings is 1. The SMILES string of the molecule is C[C@@]1(O)CCC[C@H]1n1c(=O)c(C2COC2)cc2cnc(NC3CCN(S(C)(=O)=O)CC3)nc21. The highest BCUT2D eigenvalue weighted by Crippen LogP contribution is 2.40. The van der Waals surface area contributed by atoms with Crippen molar-refractivity contribution in [1.29, 1.82) is 0 Å². The summed E-state index contributed by atoms with van der Waals surface area (Å²) in [6.45, 7) is 3.74. The van der Waals surface area contributed by atoms with Crippen molar-refractivity contribution in [2.24, 2.45) is 0 Å². The summed E-state index contributed by atoms with van der Waals surface area (Å²) in [6, 6.07) is 1.55. The van der Waals surface area contributed by atoms with Crippen molar-refractivity contribution in [3.63, 3.8) is 0 Å². The number of aliphatic hydroxyl groups is 1. The lowest BCUT2D eigenvalue weighted by Crippen LogP contribution is -2.42. The average Bonchev–Trinajstić information content (AvgIpc) is 3.06. The fraction of sp³-hybridized carbons (Fsp3) is 0.682. The van der Waals surface area contributed by atoms with E-state index in [0.717, 1.165) is 11.8 Å². The molecule has 2 aromatic rings. The second-order valence-corrected chi connectivity index (χ2v) is 11.8. The van der Waals surface area contributed by atoms with Crippen LogP contribution in [0.4, 0.5) is 5.95 Å². The number of sulfonamides is 1. The number of fused-ring (bicyclic) bond motifs is 1. The maximum absolute atomic E-state index is 13.6. The van der Waals surface area contributed by atoms with Crippen molar-refractivity contribution in [1.82, 2.24) is 18.8 Å². The normalized spacial score (nSPS) is 27.7.